The average Bonchev–Trinajstić information content (AvgIpc) is 3.79. The number of hydrogen-bond donors (Lipinski definition) is 0. The number of rotatable bonds is 4. The van der Waals surface area contributed by atoms with Crippen LogP contribution in [0.2, 0.25) is 0 Å². The van der Waals surface area contributed by atoms with Gasteiger partial charge >= 0.3 is 0 Å². The Morgan fingerprint density at radius 3 is 1.54 bits per heavy atom. The van der Waals surface area contributed by atoms with Gasteiger partial charge in [0.15, 0.2) is 5.58 Å². The van der Waals surface area contributed by atoms with E-state index in [9.17, 15) is 0 Å². The number of benzene rings is 9. The maximum absolute atomic E-state index is 6.91. The van der Waals surface area contributed by atoms with Crippen molar-refractivity contribution < 1.29 is 4.42 Å². The number of thiophene rings is 1. The summed E-state index contributed by atoms with van der Waals surface area (Å²) in [6, 6.07) is 66.0. The van der Waals surface area contributed by atoms with Gasteiger partial charge in [-0.15, -0.1) is 11.3 Å². The third-order valence-electron chi connectivity index (χ3n) is 10.7. The van der Waals surface area contributed by atoms with Crippen molar-refractivity contribution in [3.63, 3.8) is 0 Å². The minimum atomic E-state index is 0.914. The Morgan fingerprint density at radius 2 is 0.865 bits per heavy atom. The van der Waals surface area contributed by atoms with Crippen LogP contribution >= 0.6 is 11.3 Å². The van der Waals surface area contributed by atoms with Crippen molar-refractivity contribution in [3.05, 3.63) is 182 Å². The van der Waals surface area contributed by atoms with E-state index >= 15 is 0 Å². The molecule has 0 saturated carbocycles. The SMILES string of the molecule is c1ccc(-c2oc3c(ccc4c5cc(-c6c7ccccc7c(-c7ccc8ccccc8c7)c7ccccc67)ccc5sc43)c2-c2ccccc2)cc1. The van der Waals surface area contributed by atoms with Crippen LogP contribution in [-0.4, -0.2) is 0 Å². The molecule has 0 aliphatic carbocycles. The van der Waals surface area contributed by atoms with Gasteiger partial charge < -0.3 is 4.42 Å². The Labute approximate surface area is 304 Å². The molecule has 0 atom stereocenters. The van der Waals surface area contributed by atoms with Crippen molar-refractivity contribution in [1.29, 1.82) is 0 Å². The summed E-state index contributed by atoms with van der Waals surface area (Å²) in [6.07, 6.45) is 0. The van der Waals surface area contributed by atoms with Crippen LogP contribution in [0.3, 0.4) is 0 Å². The molecule has 0 spiro atoms. The monoisotopic (exact) mass is 678 g/mol. The summed E-state index contributed by atoms with van der Waals surface area (Å²) in [5.74, 6) is 0.914. The van der Waals surface area contributed by atoms with Crippen LogP contribution in [0.4, 0.5) is 0 Å². The van der Waals surface area contributed by atoms with Gasteiger partial charge in [0.1, 0.15) is 5.76 Å². The van der Waals surface area contributed by atoms with Crippen molar-refractivity contribution in [2.45, 2.75) is 0 Å². The molecular formula is C50H30OS. The van der Waals surface area contributed by atoms with Crippen LogP contribution in [-0.2, 0) is 0 Å². The Hall–Kier alpha value is -6.48. The van der Waals surface area contributed by atoms with Crippen molar-refractivity contribution >= 4 is 74.8 Å². The van der Waals surface area contributed by atoms with Crippen LogP contribution in [0.1, 0.15) is 0 Å². The van der Waals surface area contributed by atoms with Crippen LogP contribution in [0.15, 0.2) is 186 Å². The predicted molar refractivity (Wildman–Crippen MR) is 223 cm³/mol. The summed E-state index contributed by atoms with van der Waals surface area (Å²) in [5.41, 5.74) is 9.36. The molecule has 0 radical (unpaired) electrons. The van der Waals surface area contributed by atoms with Gasteiger partial charge in [0.2, 0.25) is 0 Å². The Morgan fingerprint density at radius 1 is 0.327 bits per heavy atom. The molecule has 0 saturated heterocycles. The highest BCUT2D eigenvalue weighted by Crippen LogP contribution is 2.49. The molecule has 0 bridgehead atoms. The highest BCUT2D eigenvalue weighted by atomic mass is 32.1. The van der Waals surface area contributed by atoms with Gasteiger partial charge in [-0.3, -0.25) is 0 Å². The molecule has 0 aliphatic rings. The lowest BCUT2D eigenvalue weighted by molar-refractivity contribution is 0.636. The van der Waals surface area contributed by atoms with Gasteiger partial charge in [-0.25, -0.2) is 0 Å². The molecule has 0 aliphatic heterocycles. The molecule has 0 N–H and O–H groups in total. The summed E-state index contributed by atoms with van der Waals surface area (Å²) in [6.45, 7) is 0. The second kappa shape index (κ2) is 11.5. The molecule has 2 heteroatoms. The normalized spacial score (nSPS) is 11.8. The molecule has 242 valence electrons. The molecule has 11 rings (SSSR count). The molecule has 0 amide bonds. The van der Waals surface area contributed by atoms with Crippen molar-refractivity contribution in [3.8, 4) is 44.7 Å². The van der Waals surface area contributed by atoms with E-state index in [1.807, 2.05) is 11.3 Å². The van der Waals surface area contributed by atoms with E-state index in [1.54, 1.807) is 0 Å². The zero-order chi connectivity index (χ0) is 34.2. The van der Waals surface area contributed by atoms with Crippen LogP contribution < -0.4 is 0 Å². The lowest BCUT2D eigenvalue weighted by atomic mass is 9.85. The van der Waals surface area contributed by atoms with E-state index in [0.717, 1.165) is 33.4 Å². The van der Waals surface area contributed by atoms with Gasteiger partial charge in [0, 0.05) is 32.0 Å². The third kappa shape index (κ3) is 4.41. The fourth-order valence-corrected chi connectivity index (χ4v) is 9.49. The Bertz CT molecular complexity index is 3110. The number of furan rings is 1. The van der Waals surface area contributed by atoms with Gasteiger partial charge in [-0.2, -0.15) is 0 Å². The largest absolute Gasteiger partial charge is 0.454 e. The van der Waals surface area contributed by atoms with Crippen LogP contribution in [0, 0.1) is 0 Å². The molecule has 9 aromatic carbocycles. The Kier molecular flexibility index (Phi) is 6.49. The van der Waals surface area contributed by atoms with Gasteiger partial charge in [-0.05, 0) is 84.4 Å². The molecule has 0 unspecified atom stereocenters. The van der Waals surface area contributed by atoms with Crippen LogP contribution in [0.25, 0.3) is 108 Å². The zero-order valence-electron chi connectivity index (χ0n) is 28.1. The average molecular weight is 679 g/mol. The van der Waals surface area contributed by atoms with Gasteiger partial charge in [0.05, 0.1) is 4.70 Å². The topological polar surface area (TPSA) is 13.1 Å². The van der Waals surface area contributed by atoms with E-state index in [0.29, 0.717) is 0 Å². The number of fused-ring (bicyclic) bond motifs is 8. The molecule has 2 heterocycles. The lowest BCUT2D eigenvalue weighted by Crippen LogP contribution is -1.91. The summed E-state index contributed by atoms with van der Waals surface area (Å²) in [7, 11) is 0. The maximum Gasteiger partial charge on any atom is 0.153 e. The molecule has 1 nitrogen and oxygen atoms in total. The highest BCUT2D eigenvalue weighted by molar-refractivity contribution is 7.26. The van der Waals surface area contributed by atoms with Crippen molar-refractivity contribution in [2.24, 2.45) is 0 Å². The predicted octanol–water partition coefficient (Wildman–Crippen LogP) is 14.9. The first-order valence-electron chi connectivity index (χ1n) is 17.8. The smallest absolute Gasteiger partial charge is 0.153 e. The molecule has 2 aromatic heterocycles. The maximum atomic E-state index is 6.91. The first kappa shape index (κ1) is 29.3. The van der Waals surface area contributed by atoms with E-state index in [4.69, 9.17) is 4.42 Å². The van der Waals surface area contributed by atoms with Gasteiger partial charge in [-0.1, -0.05) is 158 Å². The van der Waals surface area contributed by atoms with Gasteiger partial charge in [0.25, 0.3) is 0 Å². The van der Waals surface area contributed by atoms with E-state index in [1.165, 1.54) is 74.7 Å². The standard InChI is InChI=1S/C50H30OS/c1-3-14-32(15-4-1)47-42-27-26-41-43-30-36(25-28-44(43)52-50(41)49(42)51-48(47)33-16-5-2-6-17-33)46-39-21-11-9-19-37(39)45(38-20-10-12-22-40(38)46)35-24-23-31-13-7-8-18-34(31)29-35/h1-30H. The zero-order valence-corrected chi connectivity index (χ0v) is 29.0. The second-order valence-corrected chi connectivity index (χ2v) is 14.6. The minimum Gasteiger partial charge on any atom is -0.454 e. The van der Waals surface area contributed by atoms with Crippen LogP contribution in [0.5, 0.6) is 0 Å². The van der Waals surface area contributed by atoms with Crippen molar-refractivity contribution in [2.75, 3.05) is 0 Å². The van der Waals surface area contributed by atoms with Crippen molar-refractivity contribution in [1.82, 2.24) is 0 Å². The first-order valence-corrected chi connectivity index (χ1v) is 18.6. The third-order valence-corrected chi connectivity index (χ3v) is 11.8. The Balaban J connectivity index is 1.16. The molecule has 11 aromatic rings. The van der Waals surface area contributed by atoms with E-state index in [-0.39, 0.29) is 0 Å². The fraction of sp³-hybridized carbons (Fsp3) is 0. The minimum absolute atomic E-state index is 0.914. The molecule has 52 heavy (non-hydrogen) atoms. The van der Waals surface area contributed by atoms with E-state index < -0.39 is 0 Å². The summed E-state index contributed by atoms with van der Waals surface area (Å²) < 4.78 is 9.35. The lowest BCUT2D eigenvalue weighted by Gasteiger charge is -2.18. The van der Waals surface area contributed by atoms with E-state index in [2.05, 4.69) is 182 Å². The molecular weight excluding hydrogens is 649 g/mol. The number of hydrogen-bond acceptors (Lipinski definition) is 2. The second-order valence-electron chi connectivity index (χ2n) is 13.6. The summed E-state index contributed by atoms with van der Waals surface area (Å²) in [5, 5.41) is 11.2. The fourth-order valence-electron chi connectivity index (χ4n) is 8.32. The molecule has 0 fully saturated rings. The summed E-state index contributed by atoms with van der Waals surface area (Å²) >= 11 is 1.82. The summed E-state index contributed by atoms with van der Waals surface area (Å²) in [4.78, 5) is 0. The highest BCUT2D eigenvalue weighted by Gasteiger charge is 2.22. The first-order chi connectivity index (χ1) is 25.8. The quantitative estimate of drug-likeness (QED) is 0.169.